The zero-order valence-electron chi connectivity index (χ0n) is 15.6. The SMILES string of the molecule is C=NC=C(OCc1cccnc1-c1ccnn1CC(F)(F)F)C(CO)=C(C)C. The van der Waals surface area contributed by atoms with Gasteiger partial charge in [-0.3, -0.25) is 14.7 Å². The Morgan fingerprint density at radius 2 is 2.07 bits per heavy atom. The maximum absolute atomic E-state index is 12.8. The van der Waals surface area contributed by atoms with Gasteiger partial charge < -0.3 is 9.84 Å². The van der Waals surface area contributed by atoms with Crippen molar-refractivity contribution in [2.45, 2.75) is 33.2 Å². The van der Waals surface area contributed by atoms with Gasteiger partial charge in [-0.1, -0.05) is 11.6 Å². The Kier molecular flexibility index (Phi) is 7.11. The summed E-state index contributed by atoms with van der Waals surface area (Å²) in [4.78, 5) is 7.90. The van der Waals surface area contributed by atoms with Crippen molar-refractivity contribution in [2.24, 2.45) is 4.99 Å². The molecular weight excluding hydrogens is 373 g/mol. The number of hydrogen-bond acceptors (Lipinski definition) is 5. The monoisotopic (exact) mass is 394 g/mol. The molecule has 0 aliphatic rings. The summed E-state index contributed by atoms with van der Waals surface area (Å²) < 4.78 is 45.0. The first-order valence-electron chi connectivity index (χ1n) is 8.36. The van der Waals surface area contributed by atoms with Crippen molar-refractivity contribution in [3.63, 3.8) is 0 Å². The number of pyridine rings is 1. The molecule has 0 fully saturated rings. The van der Waals surface area contributed by atoms with Crippen molar-refractivity contribution in [3.8, 4) is 11.4 Å². The molecule has 0 saturated heterocycles. The second-order valence-electron chi connectivity index (χ2n) is 6.10. The van der Waals surface area contributed by atoms with E-state index in [1.54, 1.807) is 12.1 Å². The summed E-state index contributed by atoms with van der Waals surface area (Å²) in [6, 6.07) is 4.83. The molecule has 28 heavy (non-hydrogen) atoms. The third kappa shape index (κ3) is 5.53. The van der Waals surface area contributed by atoms with E-state index in [1.807, 2.05) is 13.8 Å². The lowest BCUT2D eigenvalue weighted by atomic mass is 10.1. The average Bonchev–Trinajstić information content (AvgIpc) is 3.06. The lowest BCUT2D eigenvalue weighted by Gasteiger charge is -2.16. The Bertz CT molecular complexity index is 881. The van der Waals surface area contributed by atoms with Crippen LogP contribution in [-0.4, -0.2) is 39.4 Å². The number of ether oxygens (including phenoxy) is 1. The molecule has 0 saturated carbocycles. The van der Waals surface area contributed by atoms with Crippen LogP contribution in [0.3, 0.4) is 0 Å². The molecule has 0 spiro atoms. The van der Waals surface area contributed by atoms with Crippen LogP contribution in [0.5, 0.6) is 0 Å². The third-order valence-electron chi connectivity index (χ3n) is 3.83. The van der Waals surface area contributed by atoms with Gasteiger partial charge in [0.25, 0.3) is 0 Å². The zero-order chi connectivity index (χ0) is 20.7. The molecule has 0 aromatic carbocycles. The van der Waals surface area contributed by atoms with Crippen LogP contribution in [0.4, 0.5) is 13.2 Å². The molecule has 6 nitrogen and oxygen atoms in total. The zero-order valence-corrected chi connectivity index (χ0v) is 15.6. The molecule has 2 aromatic heterocycles. The number of allylic oxidation sites excluding steroid dienone is 1. The Labute approximate surface area is 160 Å². The molecule has 2 rings (SSSR count). The summed E-state index contributed by atoms with van der Waals surface area (Å²) in [6.45, 7) is 5.57. The van der Waals surface area contributed by atoms with E-state index >= 15 is 0 Å². The van der Waals surface area contributed by atoms with Crippen molar-refractivity contribution < 1.29 is 23.0 Å². The number of aliphatic imine (C=N–C) groups is 1. The maximum Gasteiger partial charge on any atom is 0.408 e. The lowest BCUT2D eigenvalue weighted by molar-refractivity contribution is -0.142. The molecule has 2 aromatic rings. The van der Waals surface area contributed by atoms with Gasteiger partial charge in [0.05, 0.1) is 24.2 Å². The fourth-order valence-electron chi connectivity index (χ4n) is 2.54. The highest BCUT2D eigenvalue weighted by molar-refractivity contribution is 5.58. The number of aromatic nitrogens is 3. The van der Waals surface area contributed by atoms with Crippen LogP contribution < -0.4 is 0 Å². The Hall–Kier alpha value is -2.94. The predicted octanol–water partition coefficient (Wildman–Crippen LogP) is 3.89. The number of halogens is 3. The fourth-order valence-corrected chi connectivity index (χ4v) is 2.54. The number of alkyl halides is 3. The molecule has 0 aliphatic carbocycles. The first-order valence-corrected chi connectivity index (χ1v) is 8.36. The molecule has 0 bridgehead atoms. The number of aliphatic hydroxyl groups is 1. The number of rotatable bonds is 8. The molecular formula is C19H21F3N4O2. The largest absolute Gasteiger partial charge is 0.487 e. The Morgan fingerprint density at radius 3 is 2.68 bits per heavy atom. The molecule has 9 heteroatoms. The van der Waals surface area contributed by atoms with Crippen LogP contribution in [0, 0.1) is 0 Å². The van der Waals surface area contributed by atoms with E-state index in [-0.39, 0.29) is 18.9 Å². The van der Waals surface area contributed by atoms with Crippen molar-refractivity contribution in [1.82, 2.24) is 14.8 Å². The molecule has 1 N–H and O–H groups in total. The normalized spacial score (nSPS) is 12.0. The summed E-state index contributed by atoms with van der Waals surface area (Å²) >= 11 is 0. The minimum atomic E-state index is -4.41. The highest BCUT2D eigenvalue weighted by Crippen LogP contribution is 2.26. The van der Waals surface area contributed by atoms with Gasteiger partial charge in [-0.15, -0.1) is 0 Å². The first-order chi connectivity index (χ1) is 13.3. The van der Waals surface area contributed by atoms with E-state index in [0.29, 0.717) is 22.6 Å². The van der Waals surface area contributed by atoms with Gasteiger partial charge >= 0.3 is 6.18 Å². The van der Waals surface area contributed by atoms with Crippen molar-refractivity contribution in [1.29, 1.82) is 0 Å². The number of aliphatic hydroxyl groups excluding tert-OH is 1. The van der Waals surface area contributed by atoms with E-state index in [0.717, 1.165) is 10.3 Å². The number of hydrogen-bond donors (Lipinski definition) is 1. The smallest absolute Gasteiger partial charge is 0.408 e. The van der Waals surface area contributed by atoms with Gasteiger partial charge in [0.2, 0.25) is 0 Å². The first kappa shape index (κ1) is 21.4. The van der Waals surface area contributed by atoms with Gasteiger partial charge in [0, 0.05) is 23.5 Å². The van der Waals surface area contributed by atoms with Crippen LogP contribution in [0.25, 0.3) is 11.4 Å². The van der Waals surface area contributed by atoms with Crippen LogP contribution in [-0.2, 0) is 17.9 Å². The van der Waals surface area contributed by atoms with Crippen LogP contribution in [0.1, 0.15) is 19.4 Å². The molecule has 0 unspecified atom stereocenters. The maximum atomic E-state index is 12.8. The molecule has 150 valence electrons. The summed E-state index contributed by atoms with van der Waals surface area (Å²) in [5.74, 6) is 0.330. The van der Waals surface area contributed by atoms with Gasteiger partial charge in [0.15, 0.2) is 0 Å². The minimum absolute atomic E-state index is 0.0124. The van der Waals surface area contributed by atoms with Crippen molar-refractivity contribution >= 4 is 6.72 Å². The standard InChI is InChI=1S/C19H21F3N4O2/c1-13(2)15(10-27)17(9-23-3)28-11-14-5-4-7-24-18(14)16-6-8-25-26(16)12-19(20,21)22/h4-9,27H,3,10-12H2,1-2H3. The van der Waals surface area contributed by atoms with Gasteiger partial charge in [-0.05, 0) is 32.7 Å². The van der Waals surface area contributed by atoms with Crippen molar-refractivity contribution in [2.75, 3.05) is 6.61 Å². The van der Waals surface area contributed by atoms with Crippen LogP contribution in [0.2, 0.25) is 0 Å². The Morgan fingerprint density at radius 1 is 1.32 bits per heavy atom. The summed E-state index contributed by atoms with van der Waals surface area (Å²) in [7, 11) is 0. The van der Waals surface area contributed by atoms with E-state index in [4.69, 9.17) is 4.74 Å². The quantitative estimate of drug-likeness (QED) is 0.419. The van der Waals surface area contributed by atoms with E-state index in [9.17, 15) is 18.3 Å². The molecule has 2 heterocycles. The Balaban J connectivity index is 2.33. The van der Waals surface area contributed by atoms with Gasteiger partial charge in [0.1, 0.15) is 18.9 Å². The second-order valence-corrected chi connectivity index (χ2v) is 6.10. The lowest BCUT2D eigenvalue weighted by Crippen LogP contribution is -2.19. The van der Waals surface area contributed by atoms with Crippen LogP contribution in [0.15, 0.2) is 58.7 Å². The fraction of sp³-hybridized carbons (Fsp3) is 0.316. The highest BCUT2D eigenvalue weighted by Gasteiger charge is 2.30. The van der Waals surface area contributed by atoms with Gasteiger partial charge in [-0.2, -0.15) is 18.3 Å². The van der Waals surface area contributed by atoms with E-state index < -0.39 is 12.7 Å². The second kappa shape index (κ2) is 9.32. The highest BCUT2D eigenvalue weighted by atomic mass is 19.4. The topological polar surface area (TPSA) is 72.5 Å². The van der Waals surface area contributed by atoms with E-state index in [2.05, 4.69) is 21.8 Å². The third-order valence-corrected chi connectivity index (χ3v) is 3.83. The van der Waals surface area contributed by atoms with E-state index in [1.165, 1.54) is 24.7 Å². The van der Waals surface area contributed by atoms with Crippen LogP contribution >= 0.6 is 0 Å². The molecule has 0 aliphatic heterocycles. The molecule has 0 radical (unpaired) electrons. The molecule has 0 amide bonds. The predicted molar refractivity (Wildman–Crippen MR) is 99.4 cm³/mol. The minimum Gasteiger partial charge on any atom is -0.487 e. The molecule has 0 atom stereocenters. The van der Waals surface area contributed by atoms with Gasteiger partial charge in [-0.25, -0.2) is 0 Å². The summed E-state index contributed by atoms with van der Waals surface area (Å²) in [6.07, 6.45) is -0.249. The average molecular weight is 394 g/mol. The summed E-state index contributed by atoms with van der Waals surface area (Å²) in [5, 5.41) is 13.3. The summed E-state index contributed by atoms with van der Waals surface area (Å²) in [5.41, 5.74) is 2.52. The van der Waals surface area contributed by atoms with Crippen molar-refractivity contribution in [3.05, 3.63) is 59.3 Å². The number of nitrogens with zero attached hydrogens (tertiary/aromatic N) is 4.